The number of hydrogen-bond acceptors (Lipinski definition) is 1. The quantitative estimate of drug-likeness (QED) is 0.656. The predicted molar refractivity (Wildman–Crippen MR) is 94.1 cm³/mol. The summed E-state index contributed by atoms with van der Waals surface area (Å²) < 4.78 is 0. The molecular weight excluding hydrogens is 266 g/mol. The van der Waals surface area contributed by atoms with Crippen LogP contribution < -0.4 is 0 Å². The Morgan fingerprint density at radius 1 is 1.27 bits per heavy atom. The zero-order valence-corrected chi connectivity index (χ0v) is 14.3. The van der Waals surface area contributed by atoms with E-state index in [2.05, 4.69) is 76.2 Å². The van der Waals surface area contributed by atoms with Gasteiger partial charge >= 0.3 is 0 Å². The summed E-state index contributed by atoms with van der Waals surface area (Å²) in [6.45, 7) is 8.93. The lowest BCUT2D eigenvalue weighted by Gasteiger charge is -2.19. The number of rotatable bonds is 3. The Kier molecular flexibility index (Phi) is 4.91. The normalized spacial score (nSPS) is 24.5. The SMILES string of the molecule is CC(C)(C)/C=C/C(=C1/CCC(C)(CC#N)C1)c1ccccc1. The summed E-state index contributed by atoms with van der Waals surface area (Å²) >= 11 is 0. The Balaban J connectivity index is 2.40. The first-order valence-corrected chi connectivity index (χ1v) is 8.17. The van der Waals surface area contributed by atoms with E-state index in [1.165, 1.54) is 16.7 Å². The van der Waals surface area contributed by atoms with Crippen LogP contribution >= 0.6 is 0 Å². The van der Waals surface area contributed by atoms with Crippen molar-refractivity contribution in [3.8, 4) is 6.07 Å². The van der Waals surface area contributed by atoms with Gasteiger partial charge in [-0.25, -0.2) is 0 Å². The molecule has 1 nitrogen and oxygen atoms in total. The van der Waals surface area contributed by atoms with Gasteiger partial charge in [-0.05, 0) is 41.2 Å². The third-order valence-corrected chi connectivity index (χ3v) is 4.39. The molecule has 0 heterocycles. The van der Waals surface area contributed by atoms with Crippen molar-refractivity contribution in [2.24, 2.45) is 10.8 Å². The average molecular weight is 293 g/mol. The molecule has 1 atom stereocenters. The maximum Gasteiger partial charge on any atom is 0.0627 e. The molecule has 0 bridgehead atoms. The first kappa shape index (κ1) is 16.6. The highest BCUT2D eigenvalue weighted by atomic mass is 14.4. The van der Waals surface area contributed by atoms with Crippen LogP contribution in [0, 0.1) is 22.2 Å². The highest BCUT2D eigenvalue weighted by molar-refractivity contribution is 5.77. The third kappa shape index (κ3) is 4.34. The summed E-state index contributed by atoms with van der Waals surface area (Å²) in [7, 11) is 0. The first-order valence-electron chi connectivity index (χ1n) is 8.17. The summed E-state index contributed by atoms with van der Waals surface area (Å²) in [6.07, 6.45) is 8.51. The summed E-state index contributed by atoms with van der Waals surface area (Å²) in [5, 5.41) is 9.06. The van der Waals surface area contributed by atoms with E-state index < -0.39 is 0 Å². The molecule has 0 saturated heterocycles. The predicted octanol–water partition coefficient (Wildman–Crippen LogP) is 6.15. The van der Waals surface area contributed by atoms with Gasteiger partial charge in [0.1, 0.15) is 0 Å². The summed E-state index contributed by atoms with van der Waals surface area (Å²) in [5.74, 6) is 0. The van der Waals surface area contributed by atoms with Crippen molar-refractivity contribution in [3.63, 3.8) is 0 Å². The largest absolute Gasteiger partial charge is 0.198 e. The molecule has 1 aliphatic rings. The number of nitrogens with zero attached hydrogens (tertiary/aromatic N) is 1. The van der Waals surface area contributed by atoms with Gasteiger partial charge in [0.2, 0.25) is 0 Å². The van der Waals surface area contributed by atoms with Crippen molar-refractivity contribution in [1.29, 1.82) is 5.26 Å². The maximum atomic E-state index is 9.06. The molecule has 1 saturated carbocycles. The smallest absolute Gasteiger partial charge is 0.0627 e. The van der Waals surface area contributed by atoms with Gasteiger partial charge < -0.3 is 0 Å². The Morgan fingerprint density at radius 2 is 1.95 bits per heavy atom. The van der Waals surface area contributed by atoms with Gasteiger partial charge in [0, 0.05) is 6.42 Å². The van der Waals surface area contributed by atoms with E-state index in [0.717, 1.165) is 19.3 Å². The van der Waals surface area contributed by atoms with Crippen molar-refractivity contribution >= 4 is 5.57 Å². The van der Waals surface area contributed by atoms with Crippen molar-refractivity contribution in [2.75, 3.05) is 0 Å². The van der Waals surface area contributed by atoms with E-state index in [1.54, 1.807) is 0 Å². The Hall–Kier alpha value is -1.81. The van der Waals surface area contributed by atoms with Crippen molar-refractivity contribution < 1.29 is 0 Å². The van der Waals surface area contributed by atoms with Gasteiger partial charge in [0.25, 0.3) is 0 Å². The molecule has 0 amide bonds. The van der Waals surface area contributed by atoms with Gasteiger partial charge in [-0.1, -0.05) is 75.8 Å². The molecule has 1 fully saturated rings. The van der Waals surface area contributed by atoms with Crippen molar-refractivity contribution in [3.05, 3.63) is 53.6 Å². The minimum Gasteiger partial charge on any atom is -0.198 e. The lowest BCUT2D eigenvalue weighted by molar-refractivity contribution is 0.353. The molecule has 1 heteroatoms. The van der Waals surface area contributed by atoms with E-state index in [0.29, 0.717) is 6.42 Å². The highest BCUT2D eigenvalue weighted by Crippen LogP contribution is 2.46. The fourth-order valence-corrected chi connectivity index (χ4v) is 3.09. The molecule has 0 N–H and O–H groups in total. The molecule has 0 aliphatic heterocycles. The summed E-state index contributed by atoms with van der Waals surface area (Å²) in [4.78, 5) is 0. The number of allylic oxidation sites excluding steroid dienone is 4. The van der Waals surface area contributed by atoms with Crippen LogP contribution in [-0.4, -0.2) is 0 Å². The van der Waals surface area contributed by atoms with E-state index >= 15 is 0 Å². The van der Waals surface area contributed by atoms with E-state index in [9.17, 15) is 0 Å². The standard InChI is InChI=1S/C21H27N/c1-20(2,3)12-11-19(17-8-6-5-7-9-17)18-10-13-21(4,16-18)14-15-22/h5-9,11-12H,10,13-14,16H2,1-4H3/b12-11+,19-18+. The lowest BCUT2D eigenvalue weighted by Crippen LogP contribution is -2.09. The maximum absolute atomic E-state index is 9.06. The fraction of sp³-hybridized carbons (Fsp3) is 0.476. The summed E-state index contributed by atoms with van der Waals surface area (Å²) in [6, 6.07) is 13.0. The van der Waals surface area contributed by atoms with Crippen LogP contribution in [0.5, 0.6) is 0 Å². The molecule has 1 aromatic rings. The van der Waals surface area contributed by atoms with Crippen LogP contribution in [-0.2, 0) is 0 Å². The molecule has 0 spiro atoms. The van der Waals surface area contributed by atoms with Crippen LogP contribution in [0.2, 0.25) is 0 Å². The Bertz CT molecular complexity index is 608. The van der Waals surface area contributed by atoms with Crippen molar-refractivity contribution in [2.45, 2.75) is 53.4 Å². The Labute approximate surface area is 135 Å². The summed E-state index contributed by atoms with van der Waals surface area (Å²) in [5.41, 5.74) is 4.48. The lowest BCUT2D eigenvalue weighted by atomic mass is 9.84. The molecule has 22 heavy (non-hydrogen) atoms. The molecule has 0 aromatic heterocycles. The molecule has 1 aromatic carbocycles. The zero-order chi connectivity index (χ0) is 16.2. The first-order chi connectivity index (χ1) is 10.3. The van der Waals surface area contributed by atoms with Crippen LogP contribution in [0.3, 0.4) is 0 Å². The fourth-order valence-electron chi connectivity index (χ4n) is 3.09. The highest BCUT2D eigenvalue weighted by Gasteiger charge is 2.32. The molecular formula is C21H27N. The van der Waals surface area contributed by atoms with Gasteiger partial charge in [-0.3, -0.25) is 0 Å². The second kappa shape index (κ2) is 6.53. The van der Waals surface area contributed by atoms with Crippen LogP contribution in [0.1, 0.15) is 58.9 Å². The molecule has 116 valence electrons. The van der Waals surface area contributed by atoms with E-state index in [1.807, 2.05) is 0 Å². The zero-order valence-electron chi connectivity index (χ0n) is 14.3. The second-order valence-corrected chi connectivity index (χ2v) is 7.90. The number of hydrogen-bond donors (Lipinski definition) is 0. The number of benzene rings is 1. The number of nitriles is 1. The van der Waals surface area contributed by atoms with Gasteiger partial charge in [0.05, 0.1) is 6.07 Å². The van der Waals surface area contributed by atoms with E-state index in [-0.39, 0.29) is 10.8 Å². The minimum atomic E-state index is 0.152. The van der Waals surface area contributed by atoms with Crippen LogP contribution in [0.4, 0.5) is 0 Å². The van der Waals surface area contributed by atoms with Crippen molar-refractivity contribution in [1.82, 2.24) is 0 Å². The van der Waals surface area contributed by atoms with E-state index in [4.69, 9.17) is 5.26 Å². The van der Waals surface area contributed by atoms with Gasteiger partial charge in [0.15, 0.2) is 0 Å². The molecule has 1 aliphatic carbocycles. The second-order valence-electron chi connectivity index (χ2n) is 7.90. The molecule has 2 rings (SSSR count). The molecule has 1 unspecified atom stereocenters. The third-order valence-electron chi connectivity index (χ3n) is 4.39. The minimum absolute atomic E-state index is 0.152. The molecule has 0 radical (unpaired) electrons. The van der Waals surface area contributed by atoms with Gasteiger partial charge in [-0.15, -0.1) is 0 Å². The van der Waals surface area contributed by atoms with Crippen LogP contribution in [0.25, 0.3) is 5.57 Å². The Morgan fingerprint density at radius 3 is 2.55 bits per heavy atom. The van der Waals surface area contributed by atoms with Crippen LogP contribution in [0.15, 0.2) is 48.1 Å². The van der Waals surface area contributed by atoms with Gasteiger partial charge in [-0.2, -0.15) is 5.26 Å². The average Bonchev–Trinajstić information content (AvgIpc) is 2.81. The topological polar surface area (TPSA) is 23.8 Å². The monoisotopic (exact) mass is 293 g/mol.